The van der Waals surface area contributed by atoms with E-state index in [4.69, 9.17) is 23.2 Å². The minimum atomic E-state index is -0.000971. The Morgan fingerprint density at radius 3 is 2.45 bits per heavy atom. The molecule has 1 atom stereocenters. The first-order valence-corrected chi connectivity index (χ1v) is 8.07. The number of aryl methyl sites for hydroxylation is 1. The Morgan fingerprint density at radius 2 is 1.77 bits per heavy atom. The molecule has 2 nitrogen and oxygen atoms in total. The van der Waals surface area contributed by atoms with E-state index in [1.807, 2.05) is 31.2 Å². The zero-order valence-electron chi connectivity index (χ0n) is 12.5. The van der Waals surface area contributed by atoms with Gasteiger partial charge in [0.1, 0.15) is 0 Å². The molecule has 22 heavy (non-hydrogen) atoms. The van der Waals surface area contributed by atoms with E-state index in [-0.39, 0.29) is 11.9 Å². The van der Waals surface area contributed by atoms with Crippen LogP contribution in [0.2, 0.25) is 10.0 Å². The van der Waals surface area contributed by atoms with Crippen LogP contribution in [-0.2, 0) is 17.6 Å². The molecule has 1 amide bonds. The first kappa shape index (κ1) is 16.9. The van der Waals surface area contributed by atoms with E-state index in [9.17, 15) is 4.79 Å². The maximum Gasteiger partial charge on any atom is 0.224 e. The second kappa shape index (κ2) is 8.21. The second-order valence-electron chi connectivity index (χ2n) is 5.42. The standard InChI is InChI=1S/C18H19Cl2NO/c1-13(7-8-14-5-3-2-4-6-14)21-18(22)12-15-9-10-16(19)17(20)11-15/h2-6,9-11,13H,7-8,12H2,1H3,(H,21,22)/t13-/m0/s1. The number of carbonyl (C=O) groups is 1. The molecule has 0 unspecified atom stereocenters. The van der Waals surface area contributed by atoms with Gasteiger partial charge in [0.2, 0.25) is 5.91 Å². The first-order chi connectivity index (χ1) is 10.5. The van der Waals surface area contributed by atoms with E-state index in [1.54, 1.807) is 12.1 Å². The number of carbonyl (C=O) groups excluding carboxylic acids is 1. The van der Waals surface area contributed by atoms with Crippen molar-refractivity contribution < 1.29 is 4.79 Å². The van der Waals surface area contributed by atoms with Gasteiger partial charge in [-0.3, -0.25) is 4.79 Å². The Kier molecular flexibility index (Phi) is 6.29. The molecule has 2 aromatic carbocycles. The Labute approximate surface area is 141 Å². The Hall–Kier alpha value is -1.51. The molecule has 2 rings (SSSR count). The van der Waals surface area contributed by atoms with Crippen molar-refractivity contribution in [2.75, 3.05) is 0 Å². The molecule has 2 aromatic rings. The van der Waals surface area contributed by atoms with Crippen molar-refractivity contribution >= 4 is 29.1 Å². The second-order valence-corrected chi connectivity index (χ2v) is 6.23. The molecule has 0 saturated carbocycles. The van der Waals surface area contributed by atoms with Crippen LogP contribution in [0.25, 0.3) is 0 Å². The van der Waals surface area contributed by atoms with Crippen LogP contribution in [0.1, 0.15) is 24.5 Å². The predicted molar refractivity (Wildman–Crippen MR) is 92.5 cm³/mol. The summed E-state index contributed by atoms with van der Waals surface area (Å²) >= 11 is 11.8. The lowest BCUT2D eigenvalue weighted by atomic mass is 10.1. The molecule has 0 fully saturated rings. The Morgan fingerprint density at radius 1 is 1.05 bits per heavy atom. The Bertz CT molecular complexity index is 628. The molecule has 4 heteroatoms. The van der Waals surface area contributed by atoms with Crippen LogP contribution in [-0.4, -0.2) is 11.9 Å². The van der Waals surface area contributed by atoms with Gasteiger partial charge in [-0.25, -0.2) is 0 Å². The summed E-state index contributed by atoms with van der Waals surface area (Å²) in [5, 5.41) is 4.00. The molecule has 0 aliphatic heterocycles. The number of nitrogens with one attached hydrogen (secondary N) is 1. The molecule has 0 aromatic heterocycles. The fourth-order valence-corrected chi connectivity index (χ4v) is 2.58. The zero-order chi connectivity index (χ0) is 15.9. The van der Waals surface area contributed by atoms with Gasteiger partial charge in [-0.1, -0.05) is 59.6 Å². The zero-order valence-corrected chi connectivity index (χ0v) is 14.0. The molecule has 0 spiro atoms. The number of hydrogen-bond acceptors (Lipinski definition) is 1. The van der Waals surface area contributed by atoms with Gasteiger partial charge in [0.05, 0.1) is 16.5 Å². The SMILES string of the molecule is C[C@@H](CCc1ccccc1)NC(=O)Cc1ccc(Cl)c(Cl)c1. The highest BCUT2D eigenvalue weighted by Crippen LogP contribution is 2.22. The number of amides is 1. The lowest BCUT2D eigenvalue weighted by Crippen LogP contribution is -2.34. The van der Waals surface area contributed by atoms with E-state index in [0.717, 1.165) is 18.4 Å². The Balaban J connectivity index is 1.79. The fraction of sp³-hybridized carbons (Fsp3) is 0.278. The van der Waals surface area contributed by atoms with Crippen LogP contribution >= 0.6 is 23.2 Å². The van der Waals surface area contributed by atoms with E-state index < -0.39 is 0 Å². The number of rotatable bonds is 6. The fourth-order valence-electron chi connectivity index (χ4n) is 2.26. The summed E-state index contributed by atoms with van der Waals surface area (Å²) in [4.78, 5) is 12.0. The van der Waals surface area contributed by atoms with E-state index in [0.29, 0.717) is 16.5 Å². The average Bonchev–Trinajstić information content (AvgIpc) is 2.50. The molecule has 0 bridgehead atoms. The van der Waals surface area contributed by atoms with Gasteiger partial charge in [0.15, 0.2) is 0 Å². The lowest BCUT2D eigenvalue weighted by Gasteiger charge is -2.14. The predicted octanol–water partition coefficient (Wildman–Crippen LogP) is 4.67. The van der Waals surface area contributed by atoms with Gasteiger partial charge >= 0.3 is 0 Å². The summed E-state index contributed by atoms with van der Waals surface area (Å²) in [7, 11) is 0. The van der Waals surface area contributed by atoms with Crippen molar-refractivity contribution in [3.8, 4) is 0 Å². The molecular weight excluding hydrogens is 317 g/mol. The largest absolute Gasteiger partial charge is 0.353 e. The van der Waals surface area contributed by atoms with E-state index in [1.165, 1.54) is 5.56 Å². The molecular formula is C18H19Cl2NO. The maximum absolute atomic E-state index is 12.0. The highest BCUT2D eigenvalue weighted by Gasteiger charge is 2.09. The summed E-state index contributed by atoms with van der Waals surface area (Å²) in [5.74, 6) is -0.000971. The van der Waals surface area contributed by atoms with Crippen molar-refractivity contribution in [3.63, 3.8) is 0 Å². The normalized spacial score (nSPS) is 12.0. The molecule has 0 heterocycles. The van der Waals surface area contributed by atoms with Crippen molar-refractivity contribution in [1.29, 1.82) is 0 Å². The topological polar surface area (TPSA) is 29.1 Å². The van der Waals surface area contributed by atoms with Crippen LogP contribution in [0.4, 0.5) is 0 Å². The molecule has 0 aliphatic rings. The number of halogens is 2. The highest BCUT2D eigenvalue weighted by atomic mass is 35.5. The lowest BCUT2D eigenvalue weighted by molar-refractivity contribution is -0.121. The van der Waals surface area contributed by atoms with Gasteiger partial charge in [0.25, 0.3) is 0 Å². The van der Waals surface area contributed by atoms with Crippen molar-refractivity contribution in [2.24, 2.45) is 0 Å². The van der Waals surface area contributed by atoms with Crippen molar-refractivity contribution in [2.45, 2.75) is 32.2 Å². The van der Waals surface area contributed by atoms with Gasteiger partial charge < -0.3 is 5.32 Å². The van der Waals surface area contributed by atoms with Gasteiger partial charge in [-0.2, -0.15) is 0 Å². The first-order valence-electron chi connectivity index (χ1n) is 7.32. The van der Waals surface area contributed by atoms with Crippen LogP contribution in [0.3, 0.4) is 0 Å². The van der Waals surface area contributed by atoms with Crippen molar-refractivity contribution in [3.05, 3.63) is 69.7 Å². The van der Waals surface area contributed by atoms with Gasteiger partial charge in [-0.05, 0) is 43.0 Å². The van der Waals surface area contributed by atoms with Crippen molar-refractivity contribution in [1.82, 2.24) is 5.32 Å². The molecule has 0 aliphatic carbocycles. The van der Waals surface area contributed by atoms with E-state index in [2.05, 4.69) is 17.4 Å². The summed E-state index contributed by atoms with van der Waals surface area (Å²) in [6, 6.07) is 15.7. The third-order valence-corrected chi connectivity index (χ3v) is 4.20. The summed E-state index contributed by atoms with van der Waals surface area (Å²) in [6.07, 6.45) is 2.18. The number of benzene rings is 2. The quantitative estimate of drug-likeness (QED) is 0.816. The van der Waals surface area contributed by atoms with Gasteiger partial charge in [0, 0.05) is 6.04 Å². The molecule has 0 saturated heterocycles. The molecule has 0 radical (unpaired) electrons. The third-order valence-electron chi connectivity index (χ3n) is 3.46. The summed E-state index contributed by atoms with van der Waals surface area (Å²) in [6.45, 7) is 2.02. The molecule has 116 valence electrons. The highest BCUT2D eigenvalue weighted by molar-refractivity contribution is 6.42. The van der Waals surface area contributed by atoms with Crippen LogP contribution < -0.4 is 5.32 Å². The minimum absolute atomic E-state index is 0.000971. The summed E-state index contributed by atoms with van der Waals surface area (Å²) < 4.78 is 0. The minimum Gasteiger partial charge on any atom is -0.353 e. The molecule has 1 N–H and O–H groups in total. The van der Waals surface area contributed by atoms with Gasteiger partial charge in [-0.15, -0.1) is 0 Å². The third kappa shape index (κ3) is 5.36. The van der Waals surface area contributed by atoms with Crippen LogP contribution in [0.15, 0.2) is 48.5 Å². The monoisotopic (exact) mass is 335 g/mol. The average molecular weight is 336 g/mol. The smallest absolute Gasteiger partial charge is 0.224 e. The number of hydrogen-bond donors (Lipinski definition) is 1. The maximum atomic E-state index is 12.0. The van der Waals surface area contributed by atoms with Crippen LogP contribution in [0, 0.1) is 0 Å². The van der Waals surface area contributed by atoms with E-state index >= 15 is 0 Å². The summed E-state index contributed by atoms with van der Waals surface area (Å²) in [5.41, 5.74) is 2.15. The van der Waals surface area contributed by atoms with Crippen LogP contribution in [0.5, 0.6) is 0 Å².